The molecular weight excluding hydrogens is 1140 g/mol. The molecule has 9 fully saturated rings. The molecule has 0 bridgehead atoms. The summed E-state index contributed by atoms with van der Waals surface area (Å²) in [7, 11) is 0. The molecule has 0 unspecified atom stereocenters. The first-order valence-electron chi connectivity index (χ1n) is 30.1. The number of allylic oxidation sites excluding steroid dienone is 1. The van der Waals surface area contributed by atoms with Gasteiger partial charge in [0, 0.05) is 12.3 Å². The van der Waals surface area contributed by atoms with Crippen LogP contribution in [0.5, 0.6) is 0 Å². The molecule has 0 aromatic rings. The van der Waals surface area contributed by atoms with Crippen LogP contribution in [-0.4, -0.2) is 303 Å². The van der Waals surface area contributed by atoms with Crippen molar-refractivity contribution in [2.24, 2.45) is 46.3 Å². The Morgan fingerprint density at radius 3 is 1.72 bits per heavy atom. The Bertz CT molecular complexity index is 2230. The lowest BCUT2D eigenvalue weighted by Gasteiger charge is -2.63. The Kier molecular flexibility index (Phi) is 20.7. The molecule has 29 nitrogen and oxygen atoms in total. The fourth-order valence-electron chi connectivity index (χ4n) is 16.5. The molecule has 85 heavy (non-hydrogen) atoms. The fourth-order valence-corrected chi connectivity index (χ4v) is 16.5. The molecule has 4 saturated carbocycles. The predicted octanol–water partition coefficient (Wildman–Crippen LogP) is -6.60. The summed E-state index contributed by atoms with van der Waals surface area (Å²) in [6.45, 7) is 4.95. The van der Waals surface area contributed by atoms with Crippen LogP contribution in [0.1, 0.15) is 79.1 Å². The van der Waals surface area contributed by atoms with Crippen molar-refractivity contribution >= 4 is 0 Å². The monoisotopic (exact) mass is 1230 g/mol. The van der Waals surface area contributed by atoms with Crippen LogP contribution >= 0.6 is 0 Å². The van der Waals surface area contributed by atoms with E-state index >= 15 is 0 Å². The summed E-state index contributed by atoms with van der Waals surface area (Å²) in [6.07, 6.45) is -39.8. The normalized spacial score (nSPS) is 54.0. The Balaban J connectivity index is 0.784. The number of hydrogen-bond acceptors (Lipinski definition) is 29. The second kappa shape index (κ2) is 26.6. The largest absolute Gasteiger partial charge is 0.494 e. The van der Waals surface area contributed by atoms with Crippen LogP contribution in [0.3, 0.4) is 0 Å². The highest BCUT2D eigenvalue weighted by molar-refractivity contribution is 5.27. The minimum atomic E-state index is -2.06. The Hall–Kier alpha value is -1.58. The lowest BCUT2D eigenvalue weighted by atomic mass is 9.43. The van der Waals surface area contributed by atoms with E-state index < -0.39 is 204 Å². The fraction of sp³-hybridized carbons (Fsp3) is 0.964. The van der Waals surface area contributed by atoms with Crippen molar-refractivity contribution in [2.45, 2.75) is 251 Å². The van der Waals surface area contributed by atoms with Crippen molar-refractivity contribution in [1.82, 2.24) is 0 Å². The maximum absolute atomic E-state index is 12.2. The van der Waals surface area contributed by atoms with Crippen LogP contribution < -0.4 is 0 Å². The number of hydrogen-bond donors (Lipinski definition) is 18. The van der Waals surface area contributed by atoms with E-state index in [2.05, 4.69) is 20.8 Å². The van der Waals surface area contributed by atoms with Gasteiger partial charge >= 0.3 is 0 Å². The Labute approximate surface area is 491 Å². The molecule has 29 heteroatoms. The molecule has 0 aromatic heterocycles. The van der Waals surface area contributed by atoms with Gasteiger partial charge in [-0.25, -0.2) is 0 Å². The standard InChI is InChI=1S/C56H92O29/c1-19(17-75-50-44(72)40(68)37(65)31(13-57)79-50)5-6-28-20(2)35-30(77-28)10-23-21-9-25(61)24-11-29(26(62)12-56(24,4)22(21)7-8-55(23,35)3)78-52-46(74)42(70)47(34(16-60)82-52)83-54-49(85-53-45(73)41(69)38(66)32(14-58)80-53)48(39(67)33(15-59)81-54)84-51-43(71)36(64)27(63)18-76-51/h19,21-27,29-54,57-74H,5-18H2,1-4H3/t19-,21+,22-,23-,24+,25+,26+,27+,29+,30-,31+,32+,33+,34+,35-,36-,37+,38+,39+,40-,41-,42+,43+,44+,45+,46+,47-,48-,49+,50+,51-,52+,53-,54-,55-,56+/m0/s1. The van der Waals surface area contributed by atoms with Crippen molar-refractivity contribution < 1.29 is 144 Å². The number of ether oxygens (including phenoxy) is 11. The second-order valence-electron chi connectivity index (χ2n) is 26.3. The van der Waals surface area contributed by atoms with Crippen molar-refractivity contribution in [1.29, 1.82) is 0 Å². The average Bonchev–Trinajstić information content (AvgIpc) is 1.68. The van der Waals surface area contributed by atoms with E-state index in [1.807, 2.05) is 6.92 Å². The van der Waals surface area contributed by atoms with E-state index in [1.165, 1.54) is 5.57 Å². The summed E-state index contributed by atoms with van der Waals surface area (Å²) in [6, 6.07) is 0. The lowest BCUT2D eigenvalue weighted by molar-refractivity contribution is -0.404. The quantitative estimate of drug-likeness (QED) is 0.0567. The molecule has 0 radical (unpaired) electrons. The van der Waals surface area contributed by atoms with Gasteiger partial charge in [-0.05, 0) is 97.9 Å². The van der Waals surface area contributed by atoms with Crippen molar-refractivity contribution in [3.05, 3.63) is 11.3 Å². The lowest BCUT2D eigenvalue weighted by Crippen LogP contribution is -2.68. The van der Waals surface area contributed by atoms with Gasteiger partial charge in [-0.1, -0.05) is 20.8 Å². The number of fused-ring (bicyclic) bond motifs is 7. The summed E-state index contributed by atoms with van der Waals surface area (Å²) in [4.78, 5) is 0. The first kappa shape index (κ1) is 66.3. The van der Waals surface area contributed by atoms with E-state index in [-0.39, 0.29) is 66.5 Å². The van der Waals surface area contributed by atoms with Crippen LogP contribution in [0.2, 0.25) is 0 Å². The van der Waals surface area contributed by atoms with Gasteiger partial charge in [0.05, 0.1) is 63.7 Å². The summed E-state index contributed by atoms with van der Waals surface area (Å²) in [5.41, 5.74) is 0.543. The first-order valence-corrected chi connectivity index (χ1v) is 30.1. The first-order chi connectivity index (χ1) is 40.3. The van der Waals surface area contributed by atoms with E-state index in [0.29, 0.717) is 19.3 Å². The highest BCUT2D eigenvalue weighted by Crippen LogP contribution is 2.70. The van der Waals surface area contributed by atoms with Gasteiger partial charge in [0.1, 0.15) is 122 Å². The van der Waals surface area contributed by atoms with Crippen LogP contribution in [0.25, 0.3) is 0 Å². The van der Waals surface area contributed by atoms with Gasteiger partial charge in [-0.3, -0.25) is 0 Å². The molecule has 10 rings (SSSR count). The molecule has 4 aliphatic carbocycles. The Morgan fingerprint density at radius 1 is 0.506 bits per heavy atom. The molecule has 10 aliphatic rings. The van der Waals surface area contributed by atoms with Crippen molar-refractivity contribution in [2.75, 3.05) is 39.6 Å². The van der Waals surface area contributed by atoms with Gasteiger partial charge in [0.2, 0.25) is 0 Å². The topological polar surface area (TPSA) is 466 Å². The zero-order valence-electron chi connectivity index (χ0n) is 48.1. The molecule has 6 heterocycles. The minimum absolute atomic E-state index is 0.00341. The number of aliphatic hydroxyl groups is 18. The van der Waals surface area contributed by atoms with E-state index in [4.69, 9.17) is 52.1 Å². The molecule has 0 spiro atoms. The smallest absolute Gasteiger partial charge is 0.187 e. The van der Waals surface area contributed by atoms with Crippen LogP contribution in [0.15, 0.2) is 11.3 Å². The van der Waals surface area contributed by atoms with Gasteiger partial charge in [-0.15, -0.1) is 0 Å². The van der Waals surface area contributed by atoms with Gasteiger partial charge in [-0.2, -0.15) is 0 Å². The summed E-state index contributed by atoms with van der Waals surface area (Å²) < 4.78 is 65.5. The van der Waals surface area contributed by atoms with Crippen LogP contribution in [0, 0.1) is 46.3 Å². The van der Waals surface area contributed by atoms with Crippen molar-refractivity contribution in [3.8, 4) is 0 Å². The molecule has 0 aromatic carbocycles. The molecular formula is C56H92O29. The Morgan fingerprint density at radius 2 is 1.06 bits per heavy atom. The summed E-state index contributed by atoms with van der Waals surface area (Å²) in [5, 5.41) is 194. The molecule has 6 aliphatic heterocycles. The zero-order valence-corrected chi connectivity index (χ0v) is 48.1. The SMILES string of the molecule is CC1=C(CC[C@H](C)CO[C@@H]2O[C@H](CO)[C@@H](O)[C@H](O)[C@H]2O)O[C@H]2C[C@H]3[C@@H]4C[C@@H](O)[C@H]5C[C@@H](O[C@@H]6O[C@H](CO)[C@H](O[C@@H]7O[C@H](CO)[C@@H](O)[C@H](O[C@@H]8OC[C@@H](O)[C@H](O)[C@H]8O)[C@H]7O[C@@H]7O[C@H](CO)[C@@H](O)[C@H](O)[C@H]7O)[C@H](O)[C@H]6O)[C@H](O)C[C@]5(C)[C@H]4CC[C@]3(C)[C@@H]12. The molecule has 5 saturated heterocycles. The third kappa shape index (κ3) is 12.3. The van der Waals surface area contributed by atoms with E-state index in [1.54, 1.807) is 0 Å². The predicted molar refractivity (Wildman–Crippen MR) is 280 cm³/mol. The minimum Gasteiger partial charge on any atom is -0.494 e. The average molecular weight is 1230 g/mol. The summed E-state index contributed by atoms with van der Waals surface area (Å²) >= 11 is 0. The van der Waals surface area contributed by atoms with Crippen molar-refractivity contribution in [3.63, 3.8) is 0 Å². The van der Waals surface area contributed by atoms with E-state index in [0.717, 1.165) is 25.0 Å². The third-order valence-corrected chi connectivity index (χ3v) is 21.2. The van der Waals surface area contributed by atoms with Gasteiger partial charge < -0.3 is 144 Å². The number of aliphatic hydroxyl groups excluding tert-OH is 18. The molecule has 0 amide bonds. The van der Waals surface area contributed by atoms with E-state index in [9.17, 15) is 91.9 Å². The second-order valence-corrected chi connectivity index (χ2v) is 26.3. The van der Waals surface area contributed by atoms with Crippen LogP contribution in [-0.2, 0) is 52.1 Å². The maximum atomic E-state index is 12.2. The molecule has 490 valence electrons. The van der Waals surface area contributed by atoms with Gasteiger partial charge in [0.15, 0.2) is 31.5 Å². The highest BCUT2D eigenvalue weighted by Gasteiger charge is 2.67. The maximum Gasteiger partial charge on any atom is 0.187 e. The highest BCUT2D eigenvalue weighted by atomic mass is 16.8. The van der Waals surface area contributed by atoms with Gasteiger partial charge in [0.25, 0.3) is 0 Å². The summed E-state index contributed by atoms with van der Waals surface area (Å²) in [5.74, 6) is 1.22. The molecule has 18 N–H and O–H groups in total. The number of rotatable bonds is 18. The third-order valence-electron chi connectivity index (χ3n) is 21.2. The zero-order chi connectivity index (χ0) is 61.5. The molecule has 36 atom stereocenters. The van der Waals surface area contributed by atoms with Crippen LogP contribution in [0.4, 0.5) is 0 Å².